The zero-order chi connectivity index (χ0) is 38.8. The molecule has 5 atom stereocenters. The normalized spacial score (nSPS) is 29.8. The van der Waals surface area contributed by atoms with Gasteiger partial charge in [0.05, 0.1) is 18.2 Å². The molecule has 13 heteroatoms. The Morgan fingerprint density at radius 1 is 0.815 bits per heavy atom. The van der Waals surface area contributed by atoms with Crippen LogP contribution in [-0.4, -0.2) is 101 Å². The van der Waals surface area contributed by atoms with Gasteiger partial charge in [-0.25, -0.2) is 4.79 Å². The lowest BCUT2D eigenvalue weighted by atomic mass is 9.73. The van der Waals surface area contributed by atoms with Gasteiger partial charge in [-0.2, -0.15) is 0 Å². The zero-order valence-corrected chi connectivity index (χ0v) is 33.2. The molecule has 300 valence electrons. The predicted molar refractivity (Wildman–Crippen MR) is 200 cm³/mol. The molecule has 7 aliphatic rings. The summed E-state index contributed by atoms with van der Waals surface area (Å²) < 4.78 is 5.98. The van der Waals surface area contributed by atoms with Crippen molar-refractivity contribution in [2.45, 2.75) is 161 Å². The fourth-order valence-electron chi connectivity index (χ4n) is 11.4. The Bertz CT molecular complexity index is 1540. The minimum absolute atomic E-state index is 0.00272. The van der Waals surface area contributed by atoms with E-state index in [0.29, 0.717) is 39.1 Å². The minimum Gasteiger partial charge on any atom is -0.371 e. The highest BCUT2D eigenvalue weighted by atomic mass is 16.5. The van der Waals surface area contributed by atoms with Crippen molar-refractivity contribution in [3.63, 3.8) is 0 Å². The van der Waals surface area contributed by atoms with Crippen molar-refractivity contribution in [3.8, 4) is 0 Å². The van der Waals surface area contributed by atoms with Crippen LogP contribution in [0.1, 0.15) is 131 Å². The van der Waals surface area contributed by atoms with Crippen LogP contribution in [0.4, 0.5) is 4.79 Å². The first-order valence-electron chi connectivity index (χ1n) is 20.9. The zero-order valence-electron chi connectivity index (χ0n) is 33.2. The van der Waals surface area contributed by atoms with E-state index in [1.807, 2.05) is 25.7 Å². The van der Waals surface area contributed by atoms with Crippen molar-refractivity contribution in [2.75, 3.05) is 26.2 Å². The van der Waals surface area contributed by atoms with Gasteiger partial charge < -0.3 is 36.2 Å². The summed E-state index contributed by atoms with van der Waals surface area (Å²) >= 11 is 0. The van der Waals surface area contributed by atoms with Crippen molar-refractivity contribution in [1.82, 2.24) is 25.8 Å². The average molecular weight is 753 g/mol. The molecule has 0 aromatic heterocycles. The molecule has 2 aliphatic heterocycles. The number of nitrogens with two attached hydrogens (primary N) is 1. The lowest BCUT2D eigenvalue weighted by Crippen LogP contribution is -2.62. The van der Waals surface area contributed by atoms with Crippen LogP contribution in [0.25, 0.3) is 0 Å². The van der Waals surface area contributed by atoms with E-state index in [1.165, 1.54) is 0 Å². The molecule has 5 aliphatic carbocycles. The van der Waals surface area contributed by atoms with Gasteiger partial charge in [-0.3, -0.25) is 24.0 Å². The molecule has 2 unspecified atom stereocenters. The largest absolute Gasteiger partial charge is 0.371 e. The summed E-state index contributed by atoms with van der Waals surface area (Å²) in [6.45, 7) is 12.0. The maximum Gasteiger partial charge on any atom is 0.316 e. The van der Waals surface area contributed by atoms with Gasteiger partial charge in [0.2, 0.25) is 23.5 Å². The van der Waals surface area contributed by atoms with Crippen LogP contribution >= 0.6 is 0 Å². The Hall–Kier alpha value is -3.22. The number of likely N-dealkylation sites (tertiary alicyclic amines) is 1. The van der Waals surface area contributed by atoms with Crippen molar-refractivity contribution in [1.29, 1.82) is 0 Å². The second-order valence-corrected chi connectivity index (χ2v) is 19.7. The Morgan fingerprint density at radius 3 is 2.04 bits per heavy atom. The van der Waals surface area contributed by atoms with E-state index < -0.39 is 53.2 Å². The number of urea groups is 1. The summed E-state index contributed by atoms with van der Waals surface area (Å²) in [7, 11) is 0. The highest BCUT2D eigenvalue weighted by Gasteiger charge is 2.85. The van der Waals surface area contributed by atoms with Gasteiger partial charge in [0.15, 0.2) is 0 Å². The van der Waals surface area contributed by atoms with Gasteiger partial charge in [0, 0.05) is 25.0 Å². The molecule has 2 heterocycles. The van der Waals surface area contributed by atoms with Crippen molar-refractivity contribution >= 4 is 35.4 Å². The molecule has 6 amide bonds. The molecule has 7 rings (SSSR count). The van der Waals surface area contributed by atoms with E-state index >= 15 is 0 Å². The summed E-state index contributed by atoms with van der Waals surface area (Å²) in [5, 5.41) is 8.93. The number of carbonyl (C=O) groups is 6. The Morgan fingerprint density at radius 2 is 1.50 bits per heavy atom. The maximum atomic E-state index is 15.0. The quantitative estimate of drug-likeness (QED) is 0.233. The van der Waals surface area contributed by atoms with Gasteiger partial charge in [0.1, 0.15) is 18.1 Å². The molecule has 0 aromatic rings. The molecule has 3 spiro atoms. The van der Waals surface area contributed by atoms with Gasteiger partial charge in [-0.1, -0.05) is 79.6 Å². The first kappa shape index (κ1) is 39.0. The molecule has 2 saturated heterocycles. The summed E-state index contributed by atoms with van der Waals surface area (Å²) in [6.07, 6.45) is 13.5. The van der Waals surface area contributed by atoms with Crippen molar-refractivity contribution in [2.24, 2.45) is 39.2 Å². The maximum absolute atomic E-state index is 15.0. The SMILES string of the molecule is CC(C)(C)[C@@H](NC(=O)N[C@H](C(=O)N1CCOC2(CC2)C1)C1CCCCC1)C(=O)N1C[C@]2(CC1C(=O)NC(CC1CCC1)C(=O)C(N)=O)C(C)(C)C21CCC1. The summed E-state index contributed by atoms with van der Waals surface area (Å²) in [4.78, 5) is 86.1. The number of morpholine rings is 1. The number of nitrogens with zero attached hydrogens (tertiary/aromatic N) is 2. The number of primary amides is 1. The van der Waals surface area contributed by atoms with Crippen LogP contribution in [0.2, 0.25) is 0 Å². The summed E-state index contributed by atoms with van der Waals surface area (Å²) in [5.74, 6) is -2.60. The van der Waals surface area contributed by atoms with Gasteiger partial charge in [0.25, 0.3) is 5.91 Å². The molecular formula is C41H64N6O7. The number of nitrogens with one attached hydrogen (secondary N) is 3. The second-order valence-electron chi connectivity index (χ2n) is 19.7. The van der Waals surface area contributed by atoms with E-state index in [2.05, 4.69) is 29.8 Å². The van der Waals surface area contributed by atoms with Gasteiger partial charge in [-0.05, 0) is 79.4 Å². The number of hydrogen-bond acceptors (Lipinski definition) is 7. The fraction of sp³-hybridized carbons (Fsp3) is 0.854. The topological polar surface area (TPSA) is 180 Å². The van der Waals surface area contributed by atoms with Crippen molar-refractivity contribution < 1.29 is 33.5 Å². The summed E-state index contributed by atoms with van der Waals surface area (Å²) in [6, 6.07) is -4.24. The van der Waals surface area contributed by atoms with Crippen LogP contribution < -0.4 is 21.7 Å². The number of amides is 6. The summed E-state index contributed by atoms with van der Waals surface area (Å²) in [5.41, 5.74) is 4.08. The average Bonchev–Trinajstić information content (AvgIpc) is 3.84. The van der Waals surface area contributed by atoms with Crippen LogP contribution in [0.15, 0.2) is 0 Å². The Kier molecular flexibility index (Phi) is 10.2. The molecule has 0 bridgehead atoms. The second kappa shape index (κ2) is 14.1. The van der Waals surface area contributed by atoms with E-state index in [4.69, 9.17) is 10.5 Å². The third-order valence-electron chi connectivity index (χ3n) is 15.5. The number of hydrogen-bond donors (Lipinski definition) is 4. The van der Waals surface area contributed by atoms with E-state index in [1.54, 1.807) is 4.90 Å². The number of ether oxygens (including phenoxy) is 1. The minimum atomic E-state index is -1.08. The van der Waals surface area contributed by atoms with Gasteiger partial charge >= 0.3 is 6.03 Å². The first-order chi connectivity index (χ1) is 25.4. The monoisotopic (exact) mass is 752 g/mol. The lowest BCUT2D eigenvalue weighted by Gasteiger charge is -2.39. The van der Waals surface area contributed by atoms with Gasteiger partial charge in [-0.15, -0.1) is 0 Å². The van der Waals surface area contributed by atoms with Crippen LogP contribution in [-0.2, 0) is 28.7 Å². The molecule has 54 heavy (non-hydrogen) atoms. The standard InChI is InChI=1S/C41H64N6O7/c1-37(2,3)31(45-36(53)44-29(26-13-7-6-8-14-26)34(51)46-19-20-54-39(23-46)17-18-39)35(52)47-24-41(38(4,5)40(41)15-10-16-40)22-28(47)33(50)43-27(30(48)32(42)49)21-25-11-9-12-25/h25-29,31H,6-24H2,1-5H3,(H2,42,49)(H,43,50)(H2,44,45,53)/t27?,28?,29-,31-,41+/m0/s1. The molecule has 5 N–H and O–H groups in total. The molecule has 5 saturated carbocycles. The molecular weight excluding hydrogens is 688 g/mol. The third-order valence-corrected chi connectivity index (χ3v) is 15.5. The number of Topliss-reactive ketones (excluding diaryl/α,β-unsaturated/α-hetero) is 1. The number of rotatable bonds is 11. The smallest absolute Gasteiger partial charge is 0.316 e. The fourth-order valence-corrected chi connectivity index (χ4v) is 11.4. The van der Waals surface area contributed by atoms with Crippen LogP contribution in [0.3, 0.4) is 0 Å². The number of fused-ring (bicyclic) bond motifs is 1. The molecule has 13 nitrogen and oxygen atoms in total. The third kappa shape index (κ3) is 6.71. The first-order valence-corrected chi connectivity index (χ1v) is 20.9. The van der Waals surface area contributed by atoms with E-state index in [9.17, 15) is 28.8 Å². The van der Waals surface area contributed by atoms with Crippen LogP contribution in [0.5, 0.6) is 0 Å². The number of carbonyl (C=O) groups excluding carboxylic acids is 6. The van der Waals surface area contributed by atoms with E-state index in [-0.39, 0.29) is 45.5 Å². The highest BCUT2D eigenvalue weighted by molar-refractivity contribution is 6.37. The lowest BCUT2D eigenvalue weighted by molar-refractivity contribution is -0.144. The Balaban J connectivity index is 1.12. The molecule has 0 aromatic carbocycles. The molecule has 0 radical (unpaired) electrons. The molecule has 7 fully saturated rings. The Labute approximate surface area is 320 Å². The predicted octanol–water partition coefficient (Wildman–Crippen LogP) is 3.57. The number of ketones is 1. The highest BCUT2D eigenvalue weighted by Crippen LogP contribution is 2.88. The van der Waals surface area contributed by atoms with Crippen molar-refractivity contribution in [3.05, 3.63) is 0 Å². The van der Waals surface area contributed by atoms with Crippen LogP contribution in [0, 0.1) is 33.5 Å². The van der Waals surface area contributed by atoms with E-state index in [0.717, 1.165) is 83.5 Å².